The van der Waals surface area contributed by atoms with Gasteiger partial charge in [-0.1, -0.05) is 182 Å². The fourth-order valence-electron chi connectivity index (χ4n) is 5.99. The second kappa shape index (κ2) is 47.0. The highest BCUT2D eigenvalue weighted by molar-refractivity contribution is 5.71. The van der Waals surface area contributed by atoms with E-state index in [0.717, 1.165) is 96.3 Å². The zero-order valence-corrected chi connectivity index (χ0v) is 38.0. The van der Waals surface area contributed by atoms with Crippen molar-refractivity contribution in [2.24, 2.45) is 0 Å². The van der Waals surface area contributed by atoms with Crippen molar-refractivity contribution < 1.29 is 28.6 Å². The summed E-state index contributed by atoms with van der Waals surface area (Å²) in [7, 11) is 0. The molecular formula is C53H86O6. The first kappa shape index (κ1) is 55.3. The van der Waals surface area contributed by atoms with Crippen LogP contribution in [0, 0.1) is 0 Å². The van der Waals surface area contributed by atoms with Crippen molar-refractivity contribution in [2.45, 2.75) is 207 Å². The molecule has 0 aliphatic rings. The van der Waals surface area contributed by atoms with E-state index in [0.29, 0.717) is 12.8 Å². The summed E-state index contributed by atoms with van der Waals surface area (Å²) in [4.78, 5) is 37.8. The van der Waals surface area contributed by atoms with Gasteiger partial charge >= 0.3 is 17.9 Å². The van der Waals surface area contributed by atoms with E-state index in [-0.39, 0.29) is 44.0 Å². The number of carbonyl (C=O) groups is 3. The largest absolute Gasteiger partial charge is 0.462 e. The molecule has 0 saturated heterocycles. The first-order valence-corrected chi connectivity index (χ1v) is 23.8. The van der Waals surface area contributed by atoms with E-state index in [1.165, 1.54) is 57.8 Å². The van der Waals surface area contributed by atoms with E-state index in [9.17, 15) is 14.4 Å². The molecule has 6 nitrogen and oxygen atoms in total. The minimum absolute atomic E-state index is 0.122. The van der Waals surface area contributed by atoms with E-state index in [2.05, 4.69) is 106 Å². The van der Waals surface area contributed by atoms with Crippen LogP contribution >= 0.6 is 0 Å². The van der Waals surface area contributed by atoms with Gasteiger partial charge in [0.1, 0.15) is 13.2 Å². The average molecular weight is 819 g/mol. The second-order valence-corrected chi connectivity index (χ2v) is 15.3. The number of carbonyl (C=O) groups excluding carboxylic acids is 3. The van der Waals surface area contributed by atoms with E-state index in [4.69, 9.17) is 14.2 Å². The Kier molecular flexibility index (Phi) is 44.1. The van der Waals surface area contributed by atoms with Crippen molar-refractivity contribution >= 4 is 17.9 Å². The molecule has 334 valence electrons. The van der Waals surface area contributed by atoms with E-state index < -0.39 is 6.10 Å². The fourth-order valence-corrected chi connectivity index (χ4v) is 5.99. The standard InChI is InChI=1S/C53H86O6/c1-4-7-10-13-16-19-22-24-26-27-29-31-34-37-40-43-46-52(55)58-49-50(48-57-51(54)45-42-39-36-33-30-21-18-15-12-9-6-3)59-53(56)47-44-41-38-35-32-28-25-23-20-17-14-11-8-5-2/h7,10,15-16,18-19,21,24,26,28-32,37,40,50H,4-6,8-9,11-14,17,20,22-23,25,27,33-36,38-39,41-49H2,1-3H3/b10-7-,18-15-,19-16-,26-24-,30-21-,31-29-,32-28-,40-37-. The topological polar surface area (TPSA) is 78.9 Å². The lowest BCUT2D eigenvalue weighted by Gasteiger charge is -2.18. The van der Waals surface area contributed by atoms with Crippen LogP contribution in [0.1, 0.15) is 201 Å². The number of allylic oxidation sites excluding steroid dienone is 16. The first-order chi connectivity index (χ1) is 29.0. The van der Waals surface area contributed by atoms with Gasteiger partial charge in [-0.15, -0.1) is 0 Å². The SMILES string of the molecule is CC/C=C\C/C=C\C/C=C\C/C=C\C/C=C\CCC(=O)OCC(COC(=O)CCCCC/C=C\C=C/CCCC)OC(=O)CCCCC/C=C\CCCCCCCCC. The number of rotatable bonds is 41. The summed E-state index contributed by atoms with van der Waals surface area (Å²) in [5, 5.41) is 0. The van der Waals surface area contributed by atoms with Crippen LogP contribution in [0.15, 0.2) is 97.2 Å². The summed E-state index contributed by atoms with van der Waals surface area (Å²) in [5.41, 5.74) is 0. The Morgan fingerprint density at radius 2 is 0.763 bits per heavy atom. The average Bonchev–Trinajstić information content (AvgIpc) is 3.23. The molecule has 0 spiro atoms. The van der Waals surface area contributed by atoms with Crippen LogP contribution in [0.25, 0.3) is 0 Å². The van der Waals surface area contributed by atoms with Gasteiger partial charge in [0, 0.05) is 19.3 Å². The summed E-state index contributed by atoms with van der Waals surface area (Å²) < 4.78 is 16.6. The van der Waals surface area contributed by atoms with Crippen LogP contribution in [0.4, 0.5) is 0 Å². The Balaban J connectivity index is 4.56. The highest BCUT2D eigenvalue weighted by atomic mass is 16.6. The van der Waals surface area contributed by atoms with Crippen molar-refractivity contribution in [3.8, 4) is 0 Å². The van der Waals surface area contributed by atoms with Gasteiger partial charge in [0.25, 0.3) is 0 Å². The van der Waals surface area contributed by atoms with E-state index in [1.54, 1.807) is 0 Å². The molecule has 0 aliphatic heterocycles. The molecule has 6 heteroatoms. The van der Waals surface area contributed by atoms with Gasteiger partial charge in [-0.05, 0) is 96.3 Å². The fraction of sp³-hybridized carbons (Fsp3) is 0.642. The zero-order chi connectivity index (χ0) is 43.0. The maximum absolute atomic E-state index is 12.7. The molecule has 0 bridgehead atoms. The van der Waals surface area contributed by atoms with Crippen LogP contribution in [0.3, 0.4) is 0 Å². The van der Waals surface area contributed by atoms with Crippen molar-refractivity contribution in [2.75, 3.05) is 13.2 Å². The number of hydrogen-bond acceptors (Lipinski definition) is 6. The summed E-state index contributed by atoms with van der Waals surface area (Å²) >= 11 is 0. The van der Waals surface area contributed by atoms with Gasteiger partial charge in [0.15, 0.2) is 6.10 Å². The summed E-state index contributed by atoms with van der Waals surface area (Å²) in [5.74, 6) is -1.06. The van der Waals surface area contributed by atoms with Gasteiger partial charge in [-0.25, -0.2) is 0 Å². The van der Waals surface area contributed by atoms with Crippen molar-refractivity contribution in [1.29, 1.82) is 0 Å². The quantitative estimate of drug-likeness (QED) is 0.0201. The van der Waals surface area contributed by atoms with Crippen LogP contribution in [-0.2, 0) is 28.6 Å². The molecule has 0 aromatic rings. The molecular weight excluding hydrogens is 733 g/mol. The molecule has 0 fully saturated rings. The molecule has 1 unspecified atom stereocenters. The molecule has 0 N–H and O–H groups in total. The number of ether oxygens (including phenoxy) is 3. The molecule has 0 heterocycles. The Bertz CT molecular complexity index is 1220. The minimum Gasteiger partial charge on any atom is -0.462 e. The Morgan fingerprint density at radius 1 is 0.373 bits per heavy atom. The van der Waals surface area contributed by atoms with Crippen LogP contribution < -0.4 is 0 Å². The predicted molar refractivity (Wildman–Crippen MR) is 251 cm³/mol. The number of hydrogen-bond donors (Lipinski definition) is 0. The lowest BCUT2D eigenvalue weighted by Crippen LogP contribution is -2.30. The molecule has 0 aliphatic carbocycles. The predicted octanol–water partition coefficient (Wildman–Crippen LogP) is 15.4. The van der Waals surface area contributed by atoms with Crippen LogP contribution in [-0.4, -0.2) is 37.2 Å². The Morgan fingerprint density at radius 3 is 1.29 bits per heavy atom. The molecule has 0 aromatic carbocycles. The van der Waals surface area contributed by atoms with Crippen LogP contribution in [0.5, 0.6) is 0 Å². The van der Waals surface area contributed by atoms with E-state index in [1.807, 2.05) is 12.2 Å². The molecule has 0 radical (unpaired) electrons. The third-order valence-electron chi connectivity index (χ3n) is 9.58. The smallest absolute Gasteiger partial charge is 0.306 e. The van der Waals surface area contributed by atoms with Crippen LogP contribution in [0.2, 0.25) is 0 Å². The Labute approximate surface area is 362 Å². The van der Waals surface area contributed by atoms with Gasteiger partial charge in [-0.3, -0.25) is 14.4 Å². The monoisotopic (exact) mass is 819 g/mol. The number of esters is 3. The molecule has 0 rings (SSSR count). The Hall–Kier alpha value is -3.67. The number of unbranched alkanes of at least 4 members (excludes halogenated alkanes) is 15. The summed E-state index contributed by atoms with van der Waals surface area (Å²) in [6.07, 6.45) is 61.2. The third kappa shape index (κ3) is 45.3. The van der Waals surface area contributed by atoms with E-state index >= 15 is 0 Å². The maximum atomic E-state index is 12.7. The van der Waals surface area contributed by atoms with Crippen molar-refractivity contribution in [3.63, 3.8) is 0 Å². The highest BCUT2D eigenvalue weighted by Crippen LogP contribution is 2.12. The second-order valence-electron chi connectivity index (χ2n) is 15.3. The lowest BCUT2D eigenvalue weighted by molar-refractivity contribution is -0.166. The zero-order valence-electron chi connectivity index (χ0n) is 38.0. The summed E-state index contributed by atoms with van der Waals surface area (Å²) in [6.45, 7) is 6.34. The highest BCUT2D eigenvalue weighted by Gasteiger charge is 2.19. The minimum atomic E-state index is -0.825. The third-order valence-corrected chi connectivity index (χ3v) is 9.58. The van der Waals surface area contributed by atoms with Gasteiger partial charge in [0.2, 0.25) is 0 Å². The molecule has 1 atom stereocenters. The van der Waals surface area contributed by atoms with Gasteiger partial charge in [0.05, 0.1) is 0 Å². The van der Waals surface area contributed by atoms with Crippen molar-refractivity contribution in [3.05, 3.63) is 97.2 Å². The molecule has 0 saturated carbocycles. The molecule has 59 heavy (non-hydrogen) atoms. The first-order valence-electron chi connectivity index (χ1n) is 23.8. The maximum Gasteiger partial charge on any atom is 0.306 e. The normalized spacial score (nSPS) is 12.9. The molecule has 0 aromatic heterocycles. The van der Waals surface area contributed by atoms with Crippen molar-refractivity contribution in [1.82, 2.24) is 0 Å². The summed E-state index contributed by atoms with van der Waals surface area (Å²) in [6, 6.07) is 0. The lowest BCUT2D eigenvalue weighted by atomic mass is 10.1. The molecule has 0 amide bonds. The van der Waals surface area contributed by atoms with Gasteiger partial charge in [-0.2, -0.15) is 0 Å². The van der Waals surface area contributed by atoms with Gasteiger partial charge < -0.3 is 14.2 Å².